The Morgan fingerprint density at radius 1 is 1.38 bits per heavy atom. The fourth-order valence-electron chi connectivity index (χ4n) is 2.39. The van der Waals surface area contributed by atoms with E-state index < -0.39 is 0 Å². The second kappa shape index (κ2) is 7.38. The number of rotatable bonds is 6. The van der Waals surface area contributed by atoms with E-state index in [0.717, 1.165) is 18.5 Å². The maximum Gasteiger partial charge on any atom is 0.141 e. The Kier molecular flexibility index (Phi) is 5.79. The Labute approximate surface area is 137 Å². The first-order valence-electron chi connectivity index (χ1n) is 6.94. The molecule has 1 N–H and O–H groups in total. The first kappa shape index (κ1) is 16.5. The van der Waals surface area contributed by atoms with Crippen LogP contribution in [0.1, 0.15) is 35.9 Å². The quantitative estimate of drug-likeness (QED) is 0.777. The van der Waals surface area contributed by atoms with Crippen molar-refractivity contribution in [2.45, 2.75) is 26.3 Å². The summed E-state index contributed by atoms with van der Waals surface area (Å²) >= 11 is 4.99. The Morgan fingerprint density at radius 2 is 2.14 bits per heavy atom. The lowest BCUT2D eigenvalue weighted by Gasteiger charge is -2.21. The Bertz CT molecular complexity index is 614. The molecule has 0 aliphatic heterocycles. The van der Waals surface area contributed by atoms with Crippen LogP contribution in [0.15, 0.2) is 28.1 Å². The summed E-state index contributed by atoms with van der Waals surface area (Å²) in [5, 5.41) is 5.59. The van der Waals surface area contributed by atoms with Crippen molar-refractivity contribution in [2.75, 3.05) is 13.7 Å². The highest BCUT2D eigenvalue weighted by Gasteiger charge is 2.22. The van der Waals surface area contributed by atoms with Crippen LogP contribution in [-0.4, -0.2) is 13.7 Å². The lowest BCUT2D eigenvalue weighted by atomic mass is 10.0. The maximum atomic E-state index is 13.7. The second-order valence-electron chi connectivity index (χ2n) is 4.66. The zero-order valence-electron chi connectivity index (χ0n) is 12.4. The van der Waals surface area contributed by atoms with E-state index in [1.165, 1.54) is 16.5 Å². The number of aryl methyl sites for hydroxylation is 1. The molecule has 0 saturated heterocycles. The Hall–Kier alpha value is -0.910. The van der Waals surface area contributed by atoms with Gasteiger partial charge in [0.25, 0.3) is 0 Å². The predicted octanol–water partition coefficient (Wildman–Crippen LogP) is 4.92. The van der Waals surface area contributed by atoms with Crippen LogP contribution in [0.3, 0.4) is 0 Å². The van der Waals surface area contributed by atoms with Crippen molar-refractivity contribution in [3.8, 4) is 5.75 Å². The maximum absolute atomic E-state index is 13.7. The van der Waals surface area contributed by atoms with Crippen molar-refractivity contribution in [3.63, 3.8) is 0 Å². The molecule has 2 rings (SSSR count). The number of nitrogens with one attached hydrogen (secondary N) is 1. The monoisotopic (exact) mass is 371 g/mol. The molecule has 0 amide bonds. The molecule has 114 valence electrons. The normalized spacial score (nSPS) is 12.4. The molecule has 0 saturated carbocycles. The first-order chi connectivity index (χ1) is 10.1. The SMILES string of the molecule is CCNC(c1cc(Br)c(F)cc1OC)c1sccc1CC. The topological polar surface area (TPSA) is 21.3 Å². The van der Waals surface area contributed by atoms with Gasteiger partial charge in [-0.05, 0) is 52.0 Å². The number of halogens is 2. The second-order valence-corrected chi connectivity index (χ2v) is 6.46. The van der Waals surface area contributed by atoms with Gasteiger partial charge < -0.3 is 10.1 Å². The summed E-state index contributed by atoms with van der Waals surface area (Å²) in [6, 6.07) is 5.40. The molecule has 0 aliphatic rings. The minimum atomic E-state index is -0.312. The molecule has 0 aliphatic carbocycles. The van der Waals surface area contributed by atoms with Gasteiger partial charge >= 0.3 is 0 Å². The number of hydrogen-bond acceptors (Lipinski definition) is 3. The molecule has 2 aromatic rings. The van der Waals surface area contributed by atoms with Gasteiger partial charge in [-0.15, -0.1) is 11.3 Å². The van der Waals surface area contributed by atoms with E-state index >= 15 is 0 Å². The van der Waals surface area contributed by atoms with E-state index in [-0.39, 0.29) is 11.9 Å². The molecule has 1 unspecified atom stereocenters. The highest BCUT2D eigenvalue weighted by Crippen LogP contribution is 2.37. The van der Waals surface area contributed by atoms with Crippen molar-refractivity contribution < 1.29 is 9.13 Å². The van der Waals surface area contributed by atoms with E-state index in [0.29, 0.717) is 10.2 Å². The van der Waals surface area contributed by atoms with E-state index in [9.17, 15) is 4.39 Å². The van der Waals surface area contributed by atoms with Gasteiger partial charge in [0.2, 0.25) is 0 Å². The molecule has 0 spiro atoms. The highest BCUT2D eigenvalue weighted by molar-refractivity contribution is 9.10. The number of thiophene rings is 1. The van der Waals surface area contributed by atoms with Crippen LogP contribution in [-0.2, 0) is 6.42 Å². The average Bonchev–Trinajstić information content (AvgIpc) is 2.95. The number of hydrogen-bond donors (Lipinski definition) is 1. The zero-order valence-corrected chi connectivity index (χ0v) is 14.8. The molecular weight excluding hydrogens is 353 g/mol. The minimum Gasteiger partial charge on any atom is -0.496 e. The van der Waals surface area contributed by atoms with Crippen LogP contribution in [0.5, 0.6) is 5.75 Å². The lowest BCUT2D eigenvalue weighted by Crippen LogP contribution is -2.22. The average molecular weight is 372 g/mol. The molecule has 1 heterocycles. The van der Waals surface area contributed by atoms with Crippen LogP contribution < -0.4 is 10.1 Å². The van der Waals surface area contributed by atoms with Crippen LogP contribution >= 0.6 is 27.3 Å². The third-order valence-electron chi connectivity index (χ3n) is 3.42. The molecule has 1 aromatic heterocycles. The van der Waals surface area contributed by atoms with Gasteiger partial charge in [0.1, 0.15) is 11.6 Å². The highest BCUT2D eigenvalue weighted by atomic mass is 79.9. The summed E-state index contributed by atoms with van der Waals surface area (Å²) in [5.74, 6) is 0.254. The lowest BCUT2D eigenvalue weighted by molar-refractivity contribution is 0.400. The van der Waals surface area contributed by atoms with Gasteiger partial charge in [-0.3, -0.25) is 0 Å². The summed E-state index contributed by atoms with van der Waals surface area (Å²) in [4.78, 5) is 1.26. The first-order valence-corrected chi connectivity index (χ1v) is 8.62. The molecule has 1 aromatic carbocycles. The van der Waals surface area contributed by atoms with Gasteiger partial charge in [0.15, 0.2) is 0 Å². The van der Waals surface area contributed by atoms with E-state index in [2.05, 4.69) is 46.5 Å². The molecule has 5 heteroatoms. The van der Waals surface area contributed by atoms with E-state index in [1.54, 1.807) is 24.5 Å². The van der Waals surface area contributed by atoms with Gasteiger partial charge in [-0.1, -0.05) is 13.8 Å². The molecule has 2 nitrogen and oxygen atoms in total. The van der Waals surface area contributed by atoms with Gasteiger partial charge in [-0.25, -0.2) is 4.39 Å². The van der Waals surface area contributed by atoms with Crippen molar-refractivity contribution in [1.29, 1.82) is 0 Å². The molecule has 0 bridgehead atoms. The molecule has 21 heavy (non-hydrogen) atoms. The number of ether oxygens (including phenoxy) is 1. The third kappa shape index (κ3) is 3.47. The fraction of sp³-hybridized carbons (Fsp3) is 0.375. The van der Waals surface area contributed by atoms with Crippen molar-refractivity contribution in [3.05, 3.63) is 49.9 Å². The van der Waals surface area contributed by atoms with Gasteiger partial charge in [0, 0.05) is 16.5 Å². The van der Waals surface area contributed by atoms with E-state index in [1.807, 2.05) is 0 Å². The third-order valence-corrected chi connectivity index (χ3v) is 5.05. The minimum absolute atomic E-state index is 0.0109. The van der Waals surface area contributed by atoms with Crippen molar-refractivity contribution >= 4 is 27.3 Å². The van der Waals surface area contributed by atoms with Gasteiger partial charge in [-0.2, -0.15) is 0 Å². The summed E-state index contributed by atoms with van der Waals surface area (Å²) in [6.07, 6.45) is 0.978. The molecule has 0 radical (unpaired) electrons. The molecule has 0 fully saturated rings. The van der Waals surface area contributed by atoms with Crippen LogP contribution in [0.4, 0.5) is 4.39 Å². The van der Waals surface area contributed by atoms with Crippen molar-refractivity contribution in [1.82, 2.24) is 5.32 Å². The Balaban J connectivity index is 2.55. The van der Waals surface area contributed by atoms with E-state index in [4.69, 9.17) is 4.74 Å². The predicted molar refractivity (Wildman–Crippen MR) is 89.9 cm³/mol. The zero-order chi connectivity index (χ0) is 15.4. The summed E-state index contributed by atoms with van der Waals surface area (Å²) in [7, 11) is 1.57. The Morgan fingerprint density at radius 3 is 2.76 bits per heavy atom. The summed E-state index contributed by atoms with van der Waals surface area (Å²) < 4.78 is 19.6. The van der Waals surface area contributed by atoms with Gasteiger partial charge in [0.05, 0.1) is 17.6 Å². The summed E-state index contributed by atoms with van der Waals surface area (Å²) in [6.45, 7) is 5.04. The molecular formula is C16H19BrFNOS. The molecule has 1 atom stereocenters. The fourth-order valence-corrected chi connectivity index (χ4v) is 3.84. The smallest absolute Gasteiger partial charge is 0.141 e. The number of benzene rings is 1. The largest absolute Gasteiger partial charge is 0.496 e. The number of methoxy groups -OCH3 is 1. The van der Waals surface area contributed by atoms with Crippen molar-refractivity contribution in [2.24, 2.45) is 0 Å². The standard InChI is InChI=1S/C16H19BrFNOS/c1-4-10-6-7-21-16(10)15(19-5-2)11-8-12(17)13(18)9-14(11)20-3/h6-9,15,19H,4-5H2,1-3H3. The van der Waals surface area contributed by atoms with Crippen LogP contribution in [0.25, 0.3) is 0 Å². The van der Waals surface area contributed by atoms with Crippen LogP contribution in [0.2, 0.25) is 0 Å². The van der Waals surface area contributed by atoms with Crippen LogP contribution in [0, 0.1) is 5.82 Å². The summed E-state index contributed by atoms with van der Waals surface area (Å²) in [5.41, 5.74) is 2.26.